The van der Waals surface area contributed by atoms with Crippen LogP contribution in [0.15, 0.2) is 0 Å². The van der Waals surface area contributed by atoms with Crippen LogP contribution < -0.4 is 5.32 Å². The summed E-state index contributed by atoms with van der Waals surface area (Å²) in [6.07, 6.45) is 3.67. The first-order valence-corrected chi connectivity index (χ1v) is 8.08. The molecule has 1 aliphatic carbocycles. The monoisotopic (exact) mass is 268 g/mol. The number of piperidine rings is 1. The predicted molar refractivity (Wildman–Crippen MR) is 80.2 cm³/mol. The SMILES string of the molecule is CCNC1C(CN2CCC(C)C(O)C2)CCC1(C)C. The normalized spacial score (nSPS) is 39.6. The van der Waals surface area contributed by atoms with Gasteiger partial charge in [-0.1, -0.05) is 27.7 Å². The van der Waals surface area contributed by atoms with Crippen LogP contribution in [0.2, 0.25) is 0 Å². The van der Waals surface area contributed by atoms with Crippen molar-refractivity contribution in [1.29, 1.82) is 0 Å². The van der Waals surface area contributed by atoms with Crippen LogP contribution in [-0.4, -0.2) is 48.3 Å². The second-order valence-electron chi connectivity index (χ2n) is 7.42. The van der Waals surface area contributed by atoms with Gasteiger partial charge in [0.25, 0.3) is 0 Å². The molecular formula is C16H32N2O. The Morgan fingerprint density at radius 2 is 2.05 bits per heavy atom. The van der Waals surface area contributed by atoms with Gasteiger partial charge in [-0.25, -0.2) is 0 Å². The van der Waals surface area contributed by atoms with E-state index in [1.807, 2.05) is 0 Å². The van der Waals surface area contributed by atoms with Gasteiger partial charge in [-0.05, 0) is 49.6 Å². The zero-order valence-corrected chi connectivity index (χ0v) is 13.2. The standard InChI is InChI=1S/C16H32N2O/c1-5-17-15-13(6-8-16(15,3)4)10-18-9-7-12(2)14(19)11-18/h12-15,17,19H,5-11H2,1-4H3. The van der Waals surface area contributed by atoms with Gasteiger partial charge in [0.15, 0.2) is 0 Å². The third kappa shape index (κ3) is 3.50. The molecule has 3 heteroatoms. The minimum atomic E-state index is -0.124. The van der Waals surface area contributed by atoms with Gasteiger partial charge in [-0.15, -0.1) is 0 Å². The van der Waals surface area contributed by atoms with Crippen molar-refractivity contribution in [2.45, 2.75) is 59.1 Å². The molecule has 2 rings (SSSR count). The molecule has 0 radical (unpaired) electrons. The van der Waals surface area contributed by atoms with Gasteiger partial charge < -0.3 is 15.3 Å². The maximum absolute atomic E-state index is 10.0. The molecule has 0 aromatic heterocycles. The lowest BCUT2D eigenvalue weighted by Crippen LogP contribution is -2.49. The minimum Gasteiger partial charge on any atom is -0.392 e. The van der Waals surface area contributed by atoms with Gasteiger partial charge in [0, 0.05) is 19.1 Å². The van der Waals surface area contributed by atoms with Crippen molar-refractivity contribution < 1.29 is 5.11 Å². The van der Waals surface area contributed by atoms with Gasteiger partial charge in [0.1, 0.15) is 0 Å². The van der Waals surface area contributed by atoms with Crippen LogP contribution in [0.3, 0.4) is 0 Å². The van der Waals surface area contributed by atoms with Crippen molar-refractivity contribution in [2.24, 2.45) is 17.3 Å². The Morgan fingerprint density at radius 1 is 1.32 bits per heavy atom. The van der Waals surface area contributed by atoms with E-state index < -0.39 is 0 Å². The third-order valence-electron chi connectivity index (χ3n) is 5.39. The van der Waals surface area contributed by atoms with Gasteiger partial charge in [-0.2, -0.15) is 0 Å². The van der Waals surface area contributed by atoms with E-state index in [0.717, 1.165) is 38.5 Å². The van der Waals surface area contributed by atoms with Crippen molar-refractivity contribution in [1.82, 2.24) is 10.2 Å². The van der Waals surface area contributed by atoms with E-state index in [2.05, 4.69) is 37.9 Å². The Balaban J connectivity index is 1.91. The van der Waals surface area contributed by atoms with Crippen LogP contribution in [0, 0.1) is 17.3 Å². The quantitative estimate of drug-likeness (QED) is 0.820. The Bertz CT molecular complexity index is 292. The highest BCUT2D eigenvalue weighted by molar-refractivity contribution is 4.97. The predicted octanol–water partition coefficient (Wildman–Crippen LogP) is 2.10. The molecule has 3 nitrogen and oxygen atoms in total. The topological polar surface area (TPSA) is 35.5 Å². The number of nitrogens with zero attached hydrogens (tertiary/aromatic N) is 1. The second-order valence-corrected chi connectivity index (χ2v) is 7.42. The number of nitrogens with one attached hydrogen (secondary N) is 1. The van der Waals surface area contributed by atoms with E-state index in [0.29, 0.717) is 17.4 Å². The Hall–Kier alpha value is -0.120. The summed E-state index contributed by atoms with van der Waals surface area (Å²) < 4.78 is 0. The van der Waals surface area contributed by atoms with Gasteiger partial charge >= 0.3 is 0 Å². The molecule has 19 heavy (non-hydrogen) atoms. The van der Waals surface area contributed by atoms with E-state index >= 15 is 0 Å². The summed E-state index contributed by atoms with van der Waals surface area (Å²) in [5.74, 6) is 1.22. The largest absolute Gasteiger partial charge is 0.392 e. The van der Waals surface area contributed by atoms with Crippen LogP contribution in [0.5, 0.6) is 0 Å². The first-order valence-electron chi connectivity index (χ1n) is 8.08. The average Bonchev–Trinajstić information content (AvgIpc) is 2.62. The first-order chi connectivity index (χ1) is 8.94. The molecule has 1 saturated heterocycles. The fourth-order valence-electron chi connectivity index (χ4n) is 3.99. The minimum absolute atomic E-state index is 0.124. The molecule has 0 bridgehead atoms. The highest BCUT2D eigenvalue weighted by Crippen LogP contribution is 2.41. The van der Waals surface area contributed by atoms with E-state index in [1.54, 1.807) is 0 Å². The number of hydrogen-bond acceptors (Lipinski definition) is 3. The Labute approximate surface area is 118 Å². The fourth-order valence-corrected chi connectivity index (χ4v) is 3.99. The van der Waals surface area contributed by atoms with Crippen molar-refractivity contribution >= 4 is 0 Å². The van der Waals surface area contributed by atoms with Crippen molar-refractivity contribution in [2.75, 3.05) is 26.2 Å². The maximum Gasteiger partial charge on any atom is 0.0693 e. The zero-order valence-electron chi connectivity index (χ0n) is 13.2. The molecule has 2 aliphatic rings. The van der Waals surface area contributed by atoms with Crippen LogP contribution in [0.4, 0.5) is 0 Å². The average molecular weight is 268 g/mol. The summed E-state index contributed by atoms with van der Waals surface area (Å²) in [7, 11) is 0. The highest BCUT2D eigenvalue weighted by Gasteiger charge is 2.42. The molecule has 1 aliphatic heterocycles. The van der Waals surface area contributed by atoms with Crippen molar-refractivity contribution in [3.8, 4) is 0 Å². The van der Waals surface area contributed by atoms with E-state index in [9.17, 15) is 5.11 Å². The molecule has 0 aromatic carbocycles. The van der Waals surface area contributed by atoms with E-state index in [1.165, 1.54) is 12.8 Å². The molecule has 4 unspecified atom stereocenters. The summed E-state index contributed by atoms with van der Waals surface area (Å²) in [6.45, 7) is 13.4. The lowest BCUT2D eigenvalue weighted by Gasteiger charge is -2.38. The zero-order chi connectivity index (χ0) is 14.0. The number of aliphatic hydroxyl groups is 1. The lowest BCUT2D eigenvalue weighted by molar-refractivity contribution is 0.0203. The lowest BCUT2D eigenvalue weighted by atomic mass is 9.84. The number of rotatable bonds is 4. The molecule has 2 fully saturated rings. The number of β-amino-alcohol motifs (C(OH)–C–C–N with tert-alkyl or cyclic N) is 1. The number of hydrogen-bond donors (Lipinski definition) is 2. The van der Waals surface area contributed by atoms with Crippen molar-refractivity contribution in [3.05, 3.63) is 0 Å². The Morgan fingerprint density at radius 3 is 2.68 bits per heavy atom. The number of likely N-dealkylation sites (tertiary alicyclic amines) is 1. The molecule has 0 spiro atoms. The van der Waals surface area contributed by atoms with E-state index in [-0.39, 0.29) is 6.10 Å². The molecular weight excluding hydrogens is 236 g/mol. The van der Waals surface area contributed by atoms with Crippen LogP contribution in [0.25, 0.3) is 0 Å². The van der Waals surface area contributed by atoms with Gasteiger partial charge in [0.05, 0.1) is 6.10 Å². The molecule has 1 saturated carbocycles. The number of aliphatic hydroxyl groups excluding tert-OH is 1. The molecule has 4 atom stereocenters. The molecule has 0 amide bonds. The smallest absolute Gasteiger partial charge is 0.0693 e. The highest BCUT2D eigenvalue weighted by atomic mass is 16.3. The van der Waals surface area contributed by atoms with Crippen molar-refractivity contribution in [3.63, 3.8) is 0 Å². The summed E-state index contributed by atoms with van der Waals surface area (Å²) in [4.78, 5) is 2.49. The third-order valence-corrected chi connectivity index (χ3v) is 5.39. The fraction of sp³-hybridized carbons (Fsp3) is 1.00. The molecule has 1 heterocycles. The van der Waals surface area contributed by atoms with Crippen LogP contribution in [0.1, 0.15) is 47.0 Å². The Kier molecular flexibility index (Phi) is 4.91. The van der Waals surface area contributed by atoms with Gasteiger partial charge in [0.2, 0.25) is 0 Å². The first kappa shape index (κ1) is 15.3. The summed E-state index contributed by atoms with van der Waals surface area (Å²) in [5.41, 5.74) is 0.419. The molecule has 112 valence electrons. The summed E-state index contributed by atoms with van der Waals surface area (Å²) >= 11 is 0. The van der Waals surface area contributed by atoms with E-state index in [4.69, 9.17) is 0 Å². The van der Waals surface area contributed by atoms with Crippen LogP contribution >= 0.6 is 0 Å². The molecule has 2 N–H and O–H groups in total. The van der Waals surface area contributed by atoms with Crippen LogP contribution in [-0.2, 0) is 0 Å². The second kappa shape index (κ2) is 6.11. The van der Waals surface area contributed by atoms with Gasteiger partial charge in [-0.3, -0.25) is 0 Å². The summed E-state index contributed by atoms with van der Waals surface area (Å²) in [6, 6.07) is 0.633. The molecule has 0 aromatic rings. The summed E-state index contributed by atoms with van der Waals surface area (Å²) in [5, 5.41) is 13.7. The maximum atomic E-state index is 10.0.